The van der Waals surface area contributed by atoms with Crippen molar-refractivity contribution in [3.8, 4) is 0 Å². The summed E-state index contributed by atoms with van der Waals surface area (Å²) in [6, 6.07) is 0. The Morgan fingerprint density at radius 2 is 1.73 bits per heavy atom. The third kappa shape index (κ3) is 24.5. The van der Waals surface area contributed by atoms with Crippen LogP contribution in [0.15, 0.2) is 0 Å². The van der Waals surface area contributed by atoms with Crippen LogP contribution in [0.3, 0.4) is 0 Å². The summed E-state index contributed by atoms with van der Waals surface area (Å²) in [5.74, 6) is 0. The third-order valence-corrected chi connectivity index (χ3v) is 1.33. The van der Waals surface area contributed by atoms with E-state index < -0.39 is 17.4 Å². The molecular formula is HCrLiO6ScSi2. The molecule has 11 heteroatoms. The Morgan fingerprint density at radius 3 is 1.82 bits per heavy atom. The molecule has 11 heavy (non-hydrogen) atoms. The number of hydrogen-bond acceptors (Lipinski definition) is 4. The smallest absolute Gasteiger partial charge is 0.376 e. The molecule has 1 N–H and O–H groups in total. The Labute approximate surface area is 108 Å². The van der Waals surface area contributed by atoms with Crippen LogP contribution in [-0.4, -0.2) is 41.7 Å². The molecule has 0 aromatic carbocycles. The summed E-state index contributed by atoms with van der Waals surface area (Å²) in [5, 5.41) is 11.6. The molecule has 0 fully saturated rings. The van der Waals surface area contributed by atoms with Crippen molar-refractivity contribution in [2.45, 2.75) is 0 Å². The second kappa shape index (κ2) is 22.6. The molecule has 0 rings (SSSR count). The zero-order valence-electron chi connectivity index (χ0n) is 5.47. The molecule has 0 amide bonds. The van der Waals surface area contributed by atoms with Gasteiger partial charge in [-0.1, -0.05) is 0 Å². The van der Waals surface area contributed by atoms with Gasteiger partial charge in [-0.2, -0.15) is 0 Å². The SMILES string of the molecule is [Cr].[Li].[OH].[O]OO[Si](=O)[Si]=O.[Sc]. The van der Waals surface area contributed by atoms with Crippen molar-refractivity contribution in [1.82, 2.24) is 0 Å². The van der Waals surface area contributed by atoms with Crippen LogP contribution in [-0.2, 0) is 67.0 Å². The van der Waals surface area contributed by atoms with E-state index in [0.29, 0.717) is 0 Å². The largest absolute Gasteiger partial charge is 0.584 e. The predicted molar refractivity (Wildman–Crippen MR) is 23.4 cm³/mol. The van der Waals surface area contributed by atoms with Crippen LogP contribution in [0, 0.1) is 0 Å². The van der Waals surface area contributed by atoms with Crippen LogP contribution in [0.2, 0.25) is 0 Å². The minimum absolute atomic E-state index is 0. The van der Waals surface area contributed by atoms with Gasteiger partial charge < -0.3 is 13.5 Å². The van der Waals surface area contributed by atoms with Crippen molar-refractivity contribution >= 4 is 36.2 Å². The molecule has 0 aliphatic heterocycles. The van der Waals surface area contributed by atoms with Gasteiger partial charge in [-0.25, -0.2) is 0 Å². The molecule has 0 aromatic heterocycles. The molecule has 0 saturated carbocycles. The summed E-state index contributed by atoms with van der Waals surface area (Å²) in [5.41, 5.74) is 0. The summed E-state index contributed by atoms with van der Waals surface area (Å²) < 4.78 is 22.6. The molecule has 6 nitrogen and oxygen atoms in total. The number of rotatable bonds is 3. The van der Waals surface area contributed by atoms with Gasteiger partial charge in [-0.15, -0.1) is 0 Å². The normalized spacial score (nSPS) is 4.82. The molecule has 0 unspecified atom stereocenters. The van der Waals surface area contributed by atoms with Crippen LogP contribution in [0.1, 0.15) is 0 Å². The van der Waals surface area contributed by atoms with Crippen molar-refractivity contribution in [1.29, 1.82) is 0 Å². The minimum atomic E-state index is -2.69. The topological polar surface area (TPSA) is 102 Å². The van der Waals surface area contributed by atoms with E-state index in [9.17, 15) is 8.92 Å². The molecule has 55 valence electrons. The van der Waals surface area contributed by atoms with Gasteiger partial charge in [0.15, 0.2) is 0 Å². The van der Waals surface area contributed by atoms with E-state index in [-0.39, 0.29) is 67.5 Å². The maximum Gasteiger partial charge on any atom is 0.584 e. The quantitative estimate of drug-likeness (QED) is 0.365. The van der Waals surface area contributed by atoms with E-state index in [1.54, 1.807) is 0 Å². The molecule has 0 atom stereocenters. The Balaban J connectivity index is -0.0000000300. The van der Waals surface area contributed by atoms with Crippen molar-refractivity contribution < 1.29 is 72.5 Å². The van der Waals surface area contributed by atoms with Crippen LogP contribution in [0.4, 0.5) is 0 Å². The molecule has 0 aliphatic rings. The van der Waals surface area contributed by atoms with Gasteiger partial charge in [0.1, 0.15) is 0 Å². The Kier molecular flexibility index (Phi) is 60.2. The number of hydrogen-bond donors (Lipinski definition) is 1. The van der Waals surface area contributed by atoms with E-state index in [1.807, 2.05) is 0 Å². The first kappa shape index (κ1) is 29.3. The predicted octanol–water partition coefficient (Wildman–Crippen LogP) is -1.82. The first-order chi connectivity index (χ1) is 3.31. The first-order valence-electron chi connectivity index (χ1n) is 1.20. The van der Waals surface area contributed by atoms with Gasteiger partial charge >= 0.3 is 17.4 Å². The van der Waals surface area contributed by atoms with Gasteiger partial charge in [0, 0.05) is 72.4 Å². The van der Waals surface area contributed by atoms with E-state index in [0.717, 1.165) is 0 Å². The molecule has 0 heterocycles. The minimum Gasteiger partial charge on any atom is -0.376 e. The average molecular weight is 257 g/mol. The van der Waals surface area contributed by atoms with Crippen molar-refractivity contribution in [2.24, 2.45) is 0 Å². The summed E-state index contributed by atoms with van der Waals surface area (Å²) in [6.07, 6.45) is 0. The fourth-order valence-corrected chi connectivity index (χ4v) is 0.348. The Morgan fingerprint density at radius 1 is 1.36 bits per heavy atom. The second-order valence-electron chi connectivity index (χ2n) is 0.541. The van der Waals surface area contributed by atoms with Crippen molar-refractivity contribution in [2.75, 3.05) is 0 Å². The molecule has 0 aromatic rings. The van der Waals surface area contributed by atoms with Gasteiger partial charge in [0.2, 0.25) is 0 Å². The van der Waals surface area contributed by atoms with Crippen molar-refractivity contribution in [3.05, 3.63) is 0 Å². The van der Waals surface area contributed by atoms with Crippen LogP contribution < -0.4 is 0 Å². The monoisotopic (exact) mass is 257 g/mol. The first-order valence-corrected chi connectivity index (χ1v) is 4.42. The maximum atomic E-state index is 9.75. The van der Waals surface area contributed by atoms with Crippen LogP contribution in [0.25, 0.3) is 0 Å². The van der Waals surface area contributed by atoms with Gasteiger partial charge in [0.25, 0.3) is 0 Å². The summed E-state index contributed by atoms with van der Waals surface area (Å²) in [4.78, 5) is 0. The van der Waals surface area contributed by atoms with E-state index in [2.05, 4.69) is 9.61 Å². The Hall–Kier alpha value is 1.71. The molecule has 0 saturated heterocycles. The third-order valence-electron chi connectivity index (χ3n) is 0.193. The second-order valence-corrected chi connectivity index (χ2v) is 3.32. The van der Waals surface area contributed by atoms with E-state index >= 15 is 0 Å². The maximum absolute atomic E-state index is 9.75. The zero-order chi connectivity index (χ0) is 5.70. The van der Waals surface area contributed by atoms with Crippen LogP contribution >= 0.6 is 0 Å². The zero-order valence-corrected chi connectivity index (χ0v) is 10.6. The standard InChI is InChI=1S/Cr.Li.O5Si2.HO.Sc/c;;1-4-5-7(3)6-2;;/h;;;1H;. The summed E-state index contributed by atoms with van der Waals surface area (Å²) in [7, 11) is -3.80. The van der Waals surface area contributed by atoms with Gasteiger partial charge in [-0.05, 0) is 0 Å². The van der Waals surface area contributed by atoms with E-state index in [1.165, 1.54) is 0 Å². The van der Waals surface area contributed by atoms with Gasteiger partial charge in [-0.3, -0.25) is 5.48 Å². The molecular weight excluding hydrogens is 256 g/mol. The average Bonchev–Trinajstić information content (AvgIpc) is 1.68. The Bertz CT molecular complexity index is 90.7. The fourth-order valence-electron chi connectivity index (χ4n) is 0.0479. The fraction of sp³-hybridized carbons (Fsp3) is 0. The molecule has 0 aliphatic carbocycles. The van der Waals surface area contributed by atoms with Crippen molar-refractivity contribution in [3.63, 3.8) is 0 Å². The molecule has 5 radical (unpaired) electrons. The van der Waals surface area contributed by atoms with Crippen LogP contribution in [0.5, 0.6) is 0 Å². The molecule has 0 spiro atoms. The summed E-state index contributed by atoms with van der Waals surface area (Å²) >= 11 is 0. The summed E-state index contributed by atoms with van der Waals surface area (Å²) in [6.45, 7) is 0. The molecule has 0 bridgehead atoms. The van der Waals surface area contributed by atoms with E-state index in [4.69, 9.17) is 5.26 Å². The van der Waals surface area contributed by atoms with Gasteiger partial charge in [0.05, 0.1) is 0 Å².